The van der Waals surface area contributed by atoms with Crippen molar-refractivity contribution >= 4 is 12.2 Å². The van der Waals surface area contributed by atoms with Crippen LogP contribution in [0, 0.1) is 0 Å². The second kappa shape index (κ2) is 10.9. The molecule has 0 aromatic carbocycles. The van der Waals surface area contributed by atoms with E-state index < -0.39 is 0 Å². The summed E-state index contributed by atoms with van der Waals surface area (Å²) in [5, 5.41) is 2.90. The summed E-state index contributed by atoms with van der Waals surface area (Å²) in [5.74, 6) is 0.866. The van der Waals surface area contributed by atoms with E-state index >= 15 is 0 Å². The van der Waals surface area contributed by atoms with Gasteiger partial charge < -0.3 is 5.32 Å². The summed E-state index contributed by atoms with van der Waals surface area (Å²) in [6.45, 7) is 13.4. The Hall–Kier alpha value is -1.12. The number of rotatable bonds is 3. The van der Waals surface area contributed by atoms with Crippen LogP contribution in [-0.2, 0) is 0 Å². The lowest BCUT2D eigenvalue weighted by atomic mass is 10.4. The van der Waals surface area contributed by atoms with Gasteiger partial charge in [-0.25, -0.2) is 4.99 Å². The second-order valence-corrected chi connectivity index (χ2v) is 2.41. The topological polar surface area (TPSA) is 36.8 Å². The van der Waals surface area contributed by atoms with Crippen molar-refractivity contribution in [1.29, 1.82) is 0 Å². The summed E-state index contributed by atoms with van der Waals surface area (Å²) in [6.07, 6.45) is 3.03. The lowest BCUT2D eigenvalue weighted by Gasteiger charge is -2.00. The standard InChI is InChI=1S/C8H15N3.C2H6/c1-5-9-6-10-8(4)11-7(2)3;1-2/h5-7H,1H2,2-4H3,(H,9,10,11);1-2H3. The van der Waals surface area contributed by atoms with E-state index in [4.69, 9.17) is 0 Å². The smallest absolute Gasteiger partial charge is 0.0985 e. The van der Waals surface area contributed by atoms with E-state index in [0.29, 0.717) is 6.04 Å². The minimum Gasteiger partial charge on any atom is -0.335 e. The third kappa shape index (κ3) is 13.8. The van der Waals surface area contributed by atoms with E-state index in [-0.39, 0.29) is 0 Å². The maximum atomic E-state index is 4.23. The van der Waals surface area contributed by atoms with Gasteiger partial charge in [0, 0.05) is 12.2 Å². The molecular formula is C10H21N3. The van der Waals surface area contributed by atoms with Crippen molar-refractivity contribution in [3.05, 3.63) is 12.8 Å². The quantitative estimate of drug-likeness (QED) is 0.530. The van der Waals surface area contributed by atoms with Crippen molar-refractivity contribution in [3.63, 3.8) is 0 Å². The minimum atomic E-state index is 0.319. The molecule has 0 aliphatic carbocycles. The Labute approximate surface area is 81.7 Å². The molecule has 3 nitrogen and oxygen atoms in total. The van der Waals surface area contributed by atoms with Crippen LogP contribution >= 0.6 is 0 Å². The predicted octanol–water partition coefficient (Wildman–Crippen LogP) is 2.60. The fourth-order valence-electron chi connectivity index (χ4n) is 0.608. The Morgan fingerprint density at radius 1 is 1.38 bits per heavy atom. The molecule has 0 aromatic rings. The summed E-state index contributed by atoms with van der Waals surface area (Å²) in [5.41, 5.74) is 0. The van der Waals surface area contributed by atoms with E-state index in [1.807, 2.05) is 34.6 Å². The highest BCUT2D eigenvalue weighted by Crippen LogP contribution is 1.84. The summed E-state index contributed by atoms with van der Waals surface area (Å²) in [6, 6.07) is 0.319. The van der Waals surface area contributed by atoms with E-state index in [9.17, 15) is 0 Å². The molecule has 0 saturated heterocycles. The van der Waals surface area contributed by atoms with Gasteiger partial charge in [0.05, 0.1) is 12.2 Å². The normalized spacial score (nSPS) is 11.1. The molecule has 1 N–H and O–H groups in total. The van der Waals surface area contributed by atoms with Gasteiger partial charge in [0.2, 0.25) is 0 Å². The van der Waals surface area contributed by atoms with E-state index in [2.05, 4.69) is 21.9 Å². The third-order valence-corrected chi connectivity index (χ3v) is 0.905. The molecule has 0 aromatic heterocycles. The average Bonchev–Trinajstić information content (AvgIpc) is 2.07. The zero-order valence-corrected chi connectivity index (χ0v) is 9.33. The average molecular weight is 183 g/mol. The summed E-state index contributed by atoms with van der Waals surface area (Å²) < 4.78 is 0. The lowest BCUT2D eigenvalue weighted by Crippen LogP contribution is -2.19. The zero-order valence-electron chi connectivity index (χ0n) is 9.33. The first-order valence-corrected chi connectivity index (χ1v) is 4.60. The molecule has 76 valence electrons. The van der Waals surface area contributed by atoms with Crippen LogP contribution in [0.1, 0.15) is 34.6 Å². The molecule has 0 radical (unpaired) electrons. The fourth-order valence-corrected chi connectivity index (χ4v) is 0.608. The van der Waals surface area contributed by atoms with Gasteiger partial charge in [0.15, 0.2) is 0 Å². The van der Waals surface area contributed by atoms with Crippen molar-refractivity contribution in [3.8, 4) is 0 Å². The number of hydrogen-bond acceptors (Lipinski definition) is 2. The molecule has 0 aliphatic rings. The zero-order chi connectivity index (χ0) is 10.7. The van der Waals surface area contributed by atoms with Crippen LogP contribution in [0.2, 0.25) is 0 Å². The summed E-state index contributed by atoms with van der Waals surface area (Å²) in [7, 11) is 0. The molecule has 0 heterocycles. The van der Waals surface area contributed by atoms with Crippen LogP contribution in [0.25, 0.3) is 0 Å². The van der Waals surface area contributed by atoms with Crippen molar-refractivity contribution in [2.45, 2.75) is 40.7 Å². The number of nitrogens with one attached hydrogen (secondary N) is 1. The highest BCUT2D eigenvalue weighted by molar-refractivity contribution is 5.90. The number of hydrogen-bond donors (Lipinski definition) is 1. The molecule has 0 amide bonds. The highest BCUT2D eigenvalue weighted by Gasteiger charge is 1.88. The molecule has 13 heavy (non-hydrogen) atoms. The highest BCUT2D eigenvalue weighted by atomic mass is 15.0. The van der Waals surface area contributed by atoms with Gasteiger partial charge >= 0.3 is 0 Å². The SMILES string of the molecule is C=CN=CNC(C)=NC(C)C.CC. The van der Waals surface area contributed by atoms with Gasteiger partial charge in [-0.3, -0.25) is 4.99 Å². The number of amidine groups is 1. The van der Waals surface area contributed by atoms with Crippen LogP contribution in [-0.4, -0.2) is 18.2 Å². The third-order valence-electron chi connectivity index (χ3n) is 0.905. The van der Waals surface area contributed by atoms with Gasteiger partial charge in [0.25, 0.3) is 0 Å². The van der Waals surface area contributed by atoms with E-state index in [1.165, 1.54) is 6.20 Å². The maximum absolute atomic E-state index is 4.23. The molecule has 0 fully saturated rings. The van der Waals surface area contributed by atoms with E-state index in [1.54, 1.807) is 6.34 Å². The largest absolute Gasteiger partial charge is 0.335 e. The first-order chi connectivity index (χ1) is 6.16. The molecule has 0 aliphatic heterocycles. The van der Waals surface area contributed by atoms with Crippen LogP contribution in [0.4, 0.5) is 0 Å². The Morgan fingerprint density at radius 3 is 2.31 bits per heavy atom. The number of aliphatic imine (C=N–C) groups is 2. The van der Waals surface area contributed by atoms with Gasteiger partial charge in [0.1, 0.15) is 0 Å². The molecule has 0 atom stereocenters. The Morgan fingerprint density at radius 2 is 1.92 bits per heavy atom. The molecule has 0 rings (SSSR count). The first-order valence-electron chi connectivity index (χ1n) is 4.60. The Kier molecular flexibility index (Phi) is 12.1. The molecule has 3 heteroatoms. The fraction of sp³-hybridized carbons (Fsp3) is 0.600. The van der Waals surface area contributed by atoms with Gasteiger partial charge in [-0.15, -0.1) is 0 Å². The van der Waals surface area contributed by atoms with Gasteiger partial charge in [-0.1, -0.05) is 20.4 Å². The van der Waals surface area contributed by atoms with Crippen molar-refractivity contribution < 1.29 is 0 Å². The van der Waals surface area contributed by atoms with Crippen LogP contribution in [0.5, 0.6) is 0 Å². The number of nitrogens with zero attached hydrogens (tertiary/aromatic N) is 2. The molecule has 0 spiro atoms. The van der Waals surface area contributed by atoms with E-state index in [0.717, 1.165) is 5.84 Å². The summed E-state index contributed by atoms with van der Waals surface area (Å²) in [4.78, 5) is 8.00. The van der Waals surface area contributed by atoms with Gasteiger partial charge in [-0.05, 0) is 20.8 Å². The predicted molar refractivity (Wildman–Crippen MR) is 61.4 cm³/mol. The van der Waals surface area contributed by atoms with Crippen LogP contribution in [0.3, 0.4) is 0 Å². The van der Waals surface area contributed by atoms with Crippen molar-refractivity contribution in [2.24, 2.45) is 9.98 Å². The molecule has 0 bridgehead atoms. The molecular weight excluding hydrogens is 162 g/mol. The Balaban J connectivity index is 0. The molecule has 0 unspecified atom stereocenters. The molecule has 0 saturated carbocycles. The Bertz CT molecular complexity index is 169. The lowest BCUT2D eigenvalue weighted by molar-refractivity contribution is 0.830. The first kappa shape index (κ1) is 14.4. The monoisotopic (exact) mass is 183 g/mol. The van der Waals surface area contributed by atoms with Crippen LogP contribution in [0.15, 0.2) is 22.8 Å². The van der Waals surface area contributed by atoms with Crippen LogP contribution < -0.4 is 5.32 Å². The van der Waals surface area contributed by atoms with Gasteiger partial charge in [-0.2, -0.15) is 0 Å². The maximum Gasteiger partial charge on any atom is 0.0985 e. The summed E-state index contributed by atoms with van der Waals surface area (Å²) >= 11 is 0. The minimum absolute atomic E-state index is 0.319. The second-order valence-electron chi connectivity index (χ2n) is 2.41. The van der Waals surface area contributed by atoms with Crippen molar-refractivity contribution in [1.82, 2.24) is 5.32 Å². The van der Waals surface area contributed by atoms with Crippen molar-refractivity contribution in [2.75, 3.05) is 0 Å².